The molecular formula is C12H12F4N2O2. The van der Waals surface area contributed by atoms with E-state index in [4.69, 9.17) is 10.5 Å². The van der Waals surface area contributed by atoms with Crippen molar-refractivity contribution in [2.24, 2.45) is 11.7 Å². The molecule has 8 heteroatoms. The van der Waals surface area contributed by atoms with Crippen LogP contribution in [0.2, 0.25) is 0 Å². The maximum absolute atomic E-state index is 13.1. The molecule has 1 fully saturated rings. The minimum atomic E-state index is -4.82. The summed E-state index contributed by atoms with van der Waals surface area (Å²) in [6.07, 6.45) is -4.82. The molecule has 1 amide bonds. The lowest BCUT2D eigenvalue weighted by molar-refractivity contribution is -0.140. The highest BCUT2D eigenvalue weighted by Crippen LogP contribution is 2.33. The molecule has 0 saturated carbocycles. The molecule has 0 aromatic heterocycles. The van der Waals surface area contributed by atoms with Gasteiger partial charge in [0.2, 0.25) is 5.91 Å². The largest absolute Gasteiger partial charge is 0.419 e. The van der Waals surface area contributed by atoms with Gasteiger partial charge in [-0.15, -0.1) is 0 Å². The first-order valence-electron chi connectivity index (χ1n) is 5.80. The fraction of sp³-hybridized carbons (Fsp3) is 0.417. The lowest BCUT2D eigenvalue weighted by Crippen LogP contribution is -2.37. The van der Waals surface area contributed by atoms with E-state index < -0.39 is 35.4 Å². The average Bonchev–Trinajstić information content (AvgIpc) is 2.76. The third-order valence-electron chi connectivity index (χ3n) is 3.00. The van der Waals surface area contributed by atoms with Gasteiger partial charge in [-0.1, -0.05) is 0 Å². The molecule has 0 radical (unpaired) electrons. The Balaban J connectivity index is 2.16. The Kier molecular flexibility index (Phi) is 3.96. The first-order chi connectivity index (χ1) is 9.29. The molecule has 0 unspecified atom stereocenters. The second-order valence-electron chi connectivity index (χ2n) is 4.49. The summed E-state index contributed by atoms with van der Waals surface area (Å²) < 4.78 is 55.7. The van der Waals surface area contributed by atoms with Crippen molar-refractivity contribution >= 4 is 11.6 Å². The molecule has 1 saturated heterocycles. The number of benzene rings is 1. The average molecular weight is 292 g/mol. The quantitative estimate of drug-likeness (QED) is 0.816. The first kappa shape index (κ1) is 14.7. The van der Waals surface area contributed by atoms with E-state index in [2.05, 4.69) is 5.32 Å². The summed E-state index contributed by atoms with van der Waals surface area (Å²) in [4.78, 5) is 11.8. The van der Waals surface area contributed by atoms with Gasteiger partial charge in [0.05, 0.1) is 24.7 Å². The lowest BCUT2D eigenvalue weighted by atomic mass is 10.0. The Morgan fingerprint density at radius 3 is 2.60 bits per heavy atom. The number of alkyl halides is 3. The molecule has 4 nitrogen and oxygen atoms in total. The smallest absolute Gasteiger partial charge is 0.379 e. The molecule has 1 aliphatic rings. The van der Waals surface area contributed by atoms with Crippen molar-refractivity contribution in [1.82, 2.24) is 0 Å². The minimum absolute atomic E-state index is 0.111. The molecule has 1 aliphatic heterocycles. The van der Waals surface area contributed by atoms with E-state index in [0.29, 0.717) is 12.1 Å². The maximum Gasteiger partial charge on any atom is 0.419 e. The van der Waals surface area contributed by atoms with Crippen molar-refractivity contribution in [2.75, 3.05) is 18.5 Å². The van der Waals surface area contributed by atoms with E-state index in [-0.39, 0.29) is 18.9 Å². The van der Waals surface area contributed by atoms with Crippen LogP contribution in [0.25, 0.3) is 0 Å². The van der Waals surface area contributed by atoms with Gasteiger partial charge >= 0.3 is 6.18 Å². The molecule has 0 bridgehead atoms. The van der Waals surface area contributed by atoms with Crippen LogP contribution in [0.1, 0.15) is 5.56 Å². The van der Waals surface area contributed by atoms with Gasteiger partial charge in [-0.25, -0.2) is 4.39 Å². The molecule has 20 heavy (non-hydrogen) atoms. The lowest BCUT2D eigenvalue weighted by Gasteiger charge is -2.15. The molecule has 3 N–H and O–H groups in total. The van der Waals surface area contributed by atoms with E-state index in [1.807, 2.05) is 0 Å². The number of carbonyl (C=O) groups is 1. The van der Waals surface area contributed by atoms with Gasteiger partial charge in [-0.2, -0.15) is 13.2 Å². The Hall–Kier alpha value is -1.67. The number of nitrogens with two attached hydrogens (primary N) is 1. The number of amides is 1. The fourth-order valence-corrected chi connectivity index (χ4v) is 1.90. The van der Waals surface area contributed by atoms with Gasteiger partial charge in [-0.3, -0.25) is 4.79 Å². The van der Waals surface area contributed by atoms with Crippen LogP contribution in [-0.4, -0.2) is 25.2 Å². The van der Waals surface area contributed by atoms with E-state index in [1.54, 1.807) is 0 Å². The van der Waals surface area contributed by atoms with Crippen molar-refractivity contribution < 1.29 is 27.1 Å². The summed E-state index contributed by atoms with van der Waals surface area (Å²) >= 11 is 0. The van der Waals surface area contributed by atoms with Crippen LogP contribution in [0.5, 0.6) is 0 Å². The van der Waals surface area contributed by atoms with E-state index in [9.17, 15) is 22.4 Å². The minimum Gasteiger partial charge on any atom is -0.379 e. The van der Waals surface area contributed by atoms with Gasteiger partial charge in [0.15, 0.2) is 0 Å². The van der Waals surface area contributed by atoms with Crippen molar-refractivity contribution in [3.8, 4) is 0 Å². The SMILES string of the molecule is N[C@@H]1COC[C@@H]1C(=O)Nc1ccc(F)c(C(F)(F)F)c1. The van der Waals surface area contributed by atoms with E-state index in [0.717, 1.165) is 6.07 Å². The molecule has 1 heterocycles. The van der Waals surface area contributed by atoms with Crippen molar-refractivity contribution in [3.63, 3.8) is 0 Å². The van der Waals surface area contributed by atoms with E-state index in [1.165, 1.54) is 0 Å². The zero-order valence-electron chi connectivity index (χ0n) is 10.2. The zero-order chi connectivity index (χ0) is 14.9. The molecule has 2 rings (SSSR count). The third kappa shape index (κ3) is 3.07. The number of halogens is 4. The van der Waals surface area contributed by atoms with Crippen LogP contribution in [-0.2, 0) is 15.7 Å². The number of rotatable bonds is 2. The van der Waals surface area contributed by atoms with Crippen LogP contribution in [0.4, 0.5) is 23.2 Å². The Bertz CT molecular complexity index is 519. The van der Waals surface area contributed by atoms with Gasteiger partial charge in [0.1, 0.15) is 5.82 Å². The summed E-state index contributed by atoms with van der Waals surface area (Å²) in [5, 5.41) is 2.29. The molecular weight excluding hydrogens is 280 g/mol. The Morgan fingerprint density at radius 2 is 2.05 bits per heavy atom. The summed E-state index contributed by atoms with van der Waals surface area (Å²) in [7, 11) is 0. The molecule has 2 atom stereocenters. The number of hydrogen-bond donors (Lipinski definition) is 2. The number of ether oxygens (including phenoxy) is 1. The molecule has 1 aromatic rings. The Morgan fingerprint density at radius 1 is 1.35 bits per heavy atom. The molecule has 0 spiro atoms. The van der Waals surface area contributed by atoms with Crippen LogP contribution in [0.15, 0.2) is 18.2 Å². The molecule has 0 aliphatic carbocycles. The fourth-order valence-electron chi connectivity index (χ4n) is 1.90. The van der Waals surface area contributed by atoms with Crippen LogP contribution < -0.4 is 11.1 Å². The van der Waals surface area contributed by atoms with Crippen LogP contribution in [0, 0.1) is 11.7 Å². The Labute approximate surface area is 111 Å². The normalized spacial score (nSPS) is 22.9. The van der Waals surface area contributed by atoms with Crippen LogP contribution in [0.3, 0.4) is 0 Å². The first-order valence-corrected chi connectivity index (χ1v) is 5.80. The highest BCUT2D eigenvalue weighted by Gasteiger charge is 2.35. The summed E-state index contributed by atoms with van der Waals surface area (Å²) in [5.74, 6) is -2.57. The number of carbonyl (C=O) groups excluding carboxylic acids is 1. The van der Waals surface area contributed by atoms with Crippen molar-refractivity contribution in [1.29, 1.82) is 0 Å². The topological polar surface area (TPSA) is 64.3 Å². The maximum atomic E-state index is 13.1. The monoisotopic (exact) mass is 292 g/mol. The predicted molar refractivity (Wildman–Crippen MR) is 62.3 cm³/mol. The predicted octanol–water partition coefficient (Wildman–Crippen LogP) is 1.76. The van der Waals surface area contributed by atoms with Gasteiger partial charge in [0.25, 0.3) is 0 Å². The van der Waals surface area contributed by atoms with Gasteiger partial charge in [-0.05, 0) is 18.2 Å². The number of nitrogens with one attached hydrogen (secondary N) is 1. The van der Waals surface area contributed by atoms with Gasteiger partial charge in [0, 0.05) is 11.7 Å². The number of hydrogen-bond acceptors (Lipinski definition) is 3. The number of anilines is 1. The molecule has 110 valence electrons. The summed E-state index contributed by atoms with van der Waals surface area (Å²) in [6.45, 7) is 0.329. The molecule has 1 aromatic carbocycles. The second-order valence-corrected chi connectivity index (χ2v) is 4.49. The standard InChI is InChI=1S/C12H12F4N2O2/c13-9-2-1-6(3-8(9)12(14,15)16)18-11(19)7-4-20-5-10(7)17/h1-3,7,10H,4-5,17H2,(H,18,19)/t7-,10+/m0/s1. The second kappa shape index (κ2) is 5.37. The van der Waals surface area contributed by atoms with Crippen molar-refractivity contribution in [2.45, 2.75) is 12.2 Å². The zero-order valence-corrected chi connectivity index (χ0v) is 10.2. The highest BCUT2D eigenvalue weighted by atomic mass is 19.4. The van der Waals surface area contributed by atoms with E-state index >= 15 is 0 Å². The van der Waals surface area contributed by atoms with Crippen molar-refractivity contribution in [3.05, 3.63) is 29.6 Å². The highest BCUT2D eigenvalue weighted by molar-refractivity contribution is 5.93. The summed E-state index contributed by atoms with van der Waals surface area (Å²) in [5.41, 5.74) is 4.07. The van der Waals surface area contributed by atoms with Crippen LogP contribution >= 0.6 is 0 Å². The van der Waals surface area contributed by atoms with Gasteiger partial charge < -0.3 is 15.8 Å². The third-order valence-corrected chi connectivity index (χ3v) is 3.00. The summed E-state index contributed by atoms with van der Waals surface area (Å²) in [6, 6.07) is 1.76.